The summed E-state index contributed by atoms with van der Waals surface area (Å²) in [6.45, 7) is 3.14. The minimum absolute atomic E-state index is 0.142. The van der Waals surface area contributed by atoms with E-state index in [0.29, 0.717) is 0 Å². The molecule has 2 aromatic heterocycles. The van der Waals surface area contributed by atoms with Gasteiger partial charge < -0.3 is 5.32 Å². The van der Waals surface area contributed by atoms with Gasteiger partial charge in [-0.3, -0.25) is 9.67 Å². The van der Waals surface area contributed by atoms with E-state index in [-0.39, 0.29) is 6.04 Å². The Bertz CT molecular complexity index is 732. The molecule has 0 saturated heterocycles. The van der Waals surface area contributed by atoms with E-state index in [0.717, 1.165) is 18.5 Å². The Morgan fingerprint density at radius 2 is 2.10 bits per heavy atom. The molecule has 0 aliphatic heterocycles. The number of aromatic nitrogens is 3. The molecule has 4 heteroatoms. The van der Waals surface area contributed by atoms with E-state index in [2.05, 4.69) is 52.7 Å². The van der Waals surface area contributed by atoms with Crippen LogP contribution in [0.15, 0.2) is 48.8 Å². The molecule has 1 aromatic carbocycles. The zero-order valence-corrected chi connectivity index (χ0v) is 12.5. The average molecular weight is 280 g/mol. The topological polar surface area (TPSA) is 42.7 Å². The number of nitrogens with one attached hydrogen (secondary N) is 1. The maximum absolute atomic E-state index is 4.46. The smallest absolute Gasteiger partial charge is 0.0748 e. The zero-order valence-electron chi connectivity index (χ0n) is 12.5. The molecule has 0 fully saturated rings. The summed E-state index contributed by atoms with van der Waals surface area (Å²) in [5.74, 6) is 0. The average Bonchev–Trinajstić information content (AvgIpc) is 2.94. The van der Waals surface area contributed by atoms with Gasteiger partial charge in [-0.1, -0.05) is 25.1 Å². The van der Waals surface area contributed by atoms with Gasteiger partial charge in [-0.2, -0.15) is 5.10 Å². The standard InChI is InChI=1S/C17H20N4/c1-3-9-19-17(16-8-11-20-21(16)2)14-7-6-13-5-4-10-18-15(13)12-14/h4-8,10-12,17,19H,3,9H2,1-2H3. The van der Waals surface area contributed by atoms with Crippen molar-refractivity contribution in [3.63, 3.8) is 0 Å². The van der Waals surface area contributed by atoms with Crippen molar-refractivity contribution in [1.29, 1.82) is 0 Å². The Morgan fingerprint density at radius 1 is 1.19 bits per heavy atom. The summed E-state index contributed by atoms with van der Waals surface area (Å²) in [4.78, 5) is 4.46. The summed E-state index contributed by atoms with van der Waals surface area (Å²) in [6, 6.07) is 12.7. The molecule has 0 saturated carbocycles. The molecule has 21 heavy (non-hydrogen) atoms. The predicted molar refractivity (Wildman–Crippen MR) is 85.1 cm³/mol. The molecule has 0 aliphatic rings. The van der Waals surface area contributed by atoms with Crippen LogP contribution in [0.2, 0.25) is 0 Å². The van der Waals surface area contributed by atoms with Crippen LogP contribution in [0.1, 0.15) is 30.6 Å². The van der Waals surface area contributed by atoms with E-state index >= 15 is 0 Å². The highest BCUT2D eigenvalue weighted by Crippen LogP contribution is 2.24. The van der Waals surface area contributed by atoms with E-state index in [1.807, 2.05) is 30.2 Å². The Kier molecular flexibility index (Phi) is 3.97. The van der Waals surface area contributed by atoms with E-state index in [4.69, 9.17) is 0 Å². The highest BCUT2D eigenvalue weighted by molar-refractivity contribution is 5.79. The van der Waals surface area contributed by atoms with Crippen LogP contribution in [0.4, 0.5) is 0 Å². The molecule has 0 radical (unpaired) electrons. The van der Waals surface area contributed by atoms with Gasteiger partial charge in [0.05, 0.1) is 17.3 Å². The highest BCUT2D eigenvalue weighted by Gasteiger charge is 2.17. The van der Waals surface area contributed by atoms with Crippen molar-refractivity contribution >= 4 is 10.9 Å². The maximum Gasteiger partial charge on any atom is 0.0748 e. The largest absolute Gasteiger partial charge is 0.305 e. The summed E-state index contributed by atoms with van der Waals surface area (Å²) in [5.41, 5.74) is 3.41. The molecule has 1 N–H and O–H groups in total. The molecule has 3 aromatic rings. The summed E-state index contributed by atoms with van der Waals surface area (Å²) in [6.07, 6.45) is 4.78. The first kappa shape index (κ1) is 13.8. The van der Waals surface area contributed by atoms with Crippen LogP contribution in [-0.4, -0.2) is 21.3 Å². The third-order valence-corrected chi connectivity index (χ3v) is 3.72. The van der Waals surface area contributed by atoms with Gasteiger partial charge in [0.2, 0.25) is 0 Å². The quantitative estimate of drug-likeness (QED) is 0.781. The van der Waals surface area contributed by atoms with Crippen LogP contribution in [0.3, 0.4) is 0 Å². The lowest BCUT2D eigenvalue weighted by Gasteiger charge is -2.19. The number of rotatable bonds is 5. The predicted octanol–water partition coefficient (Wildman–Crippen LogP) is 3.06. The SMILES string of the molecule is CCCNC(c1ccc2cccnc2c1)c1ccnn1C. The van der Waals surface area contributed by atoms with Crippen molar-refractivity contribution in [2.45, 2.75) is 19.4 Å². The van der Waals surface area contributed by atoms with Crippen LogP contribution in [-0.2, 0) is 7.05 Å². The van der Waals surface area contributed by atoms with E-state index in [1.54, 1.807) is 0 Å². The number of hydrogen-bond acceptors (Lipinski definition) is 3. The second kappa shape index (κ2) is 6.06. The Labute approximate surface area is 124 Å². The fraction of sp³-hybridized carbons (Fsp3) is 0.294. The molecule has 0 bridgehead atoms. The molecule has 0 amide bonds. The van der Waals surface area contributed by atoms with Crippen molar-refractivity contribution in [3.05, 3.63) is 60.0 Å². The van der Waals surface area contributed by atoms with Gasteiger partial charge >= 0.3 is 0 Å². The van der Waals surface area contributed by atoms with Gasteiger partial charge in [0.1, 0.15) is 0 Å². The minimum Gasteiger partial charge on any atom is -0.305 e. The monoisotopic (exact) mass is 280 g/mol. The lowest BCUT2D eigenvalue weighted by atomic mass is 10.0. The van der Waals surface area contributed by atoms with E-state index in [9.17, 15) is 0 Å². The molecule has 1 atom stereocenters. The van der Waals surface area contributed by atoms with Crippen LogP contribution in [0, 0.1) is 0 Å². The number of benzene rings is 1. The second-order valence-corrected chi connectivity index (χ2v) is 5.22. The normalized spacial score (nSPS) is 12.7. The van der Waals surface area contributed by atoms with Crippen molar-refractivity contribution in [2.24, 2.45) is 7.05 Å². The molecule has 2 heterocycles. The van der Waals surface area contributed by atoms with Gasteiger partial charge in [-0.25, -0.2) is 0 Å². The molecule has 1 unspecified atom stereocenters. The fourth-order valence-corrected chi connectivity index (χ4v) is 2.61. The first-order valence-corrected chi connectivity index (χ1v) is 7.35. The second-order valence-electron chi connectivity index (χ2n) is 5.22. The molecule has 4 nitrogen and oxygen atoms in total. The van der Waals surface area contributed by atoms with Gasteiger partial charge in [-0.05, 0) is 36.7 Å². The van der Waals surface area contributed by atoms with E-state index in [1.165, 1.54) is 16.6 Å². The number of aryl methyl sites for hydroxylation is 1. The van der Waals surface area contributed by atoms with Crippen LogP contribution < -0.4 is 5.32 Å². The lowest BCUT2D eigenvalue weighted by molar-refractivity contribution is 0.554. The van der Waals surface area contributed by atoms with Gasteiger partial charge in [-0.15, -0.1) is 0 Å². The van der Waals surface area contributed by atoms with Crippen molar-refractivity contribution in [1.82, 2.24) is 20.1 Å². The van der Waals surface area contributed by atoms with Gasteiger partial charge in [0.25, 0.3) is 0 Å². The van der Waals surface area contributed by atoms with Gasteiger partial charge in [0.15, 0.2) is 0 Å². The summed E-state index contributed by atoms with van der Waals surface area (Å²) in [5, 5.41) is 9.07. The molecular weight excluding hydrogens is 260 g/mol. The third kappa shape index (κ3) is 2.81. The molecule has 3 rings (SSSR count). The Morgan fingerprint density at radius 3 is 2.86 bits per heavy atom. The Balaban J connectivity index is 2.03. The fourth-order valence-electron chi connectivity index (χ4n) is 2.61. The number of nitrogens with zero attached hydrogens (tertiary/aromatic N) is 3. The summed E-state index contributed by atoms with van der Waals surface area (Å²) in [7, 11) is 1.98. The van der Waals surface area contributed by atoms with Crippen molar-refractivity contribution in [2.75, 3.05) is 6.54 Å². The zero-order chi connectivity index (χ0) is 14.7. The van der Waals surface area contributed by atoms with Crippen LogP contribution in [0.5, 0.6) is 0 Å². The van der Waals surface area contributed by atoms with Crippen LogP contribution in [0.25, 0.3) is 10.9 Å². The van der Waals surface area contributed by atoms with E-state index < -0.39 is 0 Å². The first-order chi connectivity index (χ1) is 10.3. The van der Waals surface area contributed by atoms with Gasteiger partial charge in [0, 0.05) is 24.8 Å². The van der Waals surface area contributed by atoms with Crippen molar-refractivity contribution in [3.8, 4) is 0 Å². The highest BCUT2D eigenvalue weighted by atomic mass is 15.3. The molecule has 0 spiro atoms. The number of pyridine rings is 1. The maximum atomic E-state index is 4.46. The minimum atomic E-state index is 0.142. The number of fused-ring (bicyclic) bond motifs is 1. The lowest BCUT2D eigenvalue weighted by Crippen LogP contribution is -2.25. The van der Waals surface area contributed by atoms with Crippen LogP contribution >= 0.6 is 0 Å². The van der Waals surface area contributed by atoms with Crippen molar-refractivity contribution < 1.29 is 0 Å². The summed E-state index contributed by atoms with van der Waals surface area (Å²) < 4.78 is 1.93. The number of hydrogen-bond donors (Lipinski definition) is 1. The molecule has 0 aliphatic carbocycles. The molecular formula is C17H20N4. The third-order valence-electron chi connectivity index (χ3n) is 3.72. The first-order valence-electron chi connectivity index (χ1n) is 7.35. The summed E-state index contributed by atoms with van der Waals surface area (Å²) >= 11 is 0. The Hall–Kier alpha value is -2.20. The molecule has 108 valence electrons.